The number of hydrogen-bond donors (Lipinski definition) is 4. The van der Waals surface area contributed by atoms with E-state index in [1.807, 2.05) is 7.05 Å². The van der Waals surface area contributed by atoms with E-state index in [0.29, 0.717) is 6.67 Å². The summed E-state index contributed by atoms with van der Waals surface area (Å²) in [6.07, 6.45) is 0. The molecule has 0 unspecified atom stereocenters. The quantitative estimate of drug-likeness (QED) is 0.425. The summed E-state index contributed by atoms with van der Waals surface area (Å²) in [6.45, 7) is 0.670. The van der Waals surface area contributed by atoms with Gasteiger partial charge in [-0.05, 0) is 18.0 Å². The van der Waals surface area contributed by atoms with Crippen molar-refractivity contribution in [1.82, 2.24) is 24.6 Å². The summed E-state index contributed by atoms with van der Waals surface area (Å²) in [7, 11) is 1.83. The SMILES string of the molecule is CN1CN(S)N=N1.Nc1n[nH]c(N)n1. The third-order valence-corrected chi connectivity index (χ3v) is 1.35. The predicted molar refractivity (Wildman–Crippen MR) is 53.5 cm³/mol. The third-order valence-electron chi connectivity index (χ3n) is 1.15. The lowest BCUT2D eigenvalue weighted by molar-refractivity contribution is 0.340. The molecule has 0 radical (unpaired) electrons. The van der Waals surface area contributed by atoms with Gasteiger partial charge in [0.2, 0.25) is 11.9 Å². The van der Waals surface area contributed by atoms with E-state index in [4.69, 9.17) is 11.5 Å². The van der Waals surface area contributed by atoms with E-state index in [2.05, 4.69) is 38.4 Å². The Morgan fingerprint density at radius 2 is 2.14 bits per heavy atom. The minimum Gasteiger partial charge on any atom is -0.368 e. The van der Waals surface area contributed by atoms with Crippen LogP contribution in [0, 0.1) is 0 Å². The van der Waals surface area contributed by atoms with Crippen molar-refractivity contribution in [3.8, 4) is 0 Å². The molecule has 0 aromatic carbocycles. The van der Waals surface area contributed by atoms with Crippen molar-refractivity contribution in [3.63, 3.8) is 0 Å². The Bertz CT molecular complexity index is 281. The maximum absolute atomic E-state index is 5.07. The zero-order chi connectivity index (χ0) is 10.6. The molecule has 1 aromatic heterocycles. The molecule has 0 saturated carbocycles. The van der Waals surface area contributed by atoms with Gasteiger partial charge in [0.15, 0.2) is 0 Å². The Kier molecular flexibility index (Phi) is 3.34. The van der Waals surface area contributed by atoms with Gasteiger partial charge in [0, 0.05) is 7.05 Å². The number of aromatic amines is 1. The molecule has 78 valence electrons. The fraction of sp³-hybridized carbons (Fsp3) is 0.500. The fourth-order valence-corrected chi connectivity index (χ4v) is 0.861. The summed E-state index contributed by atoms with van der Waals surface area (Å²) in [5.74, 6) is 0.426. The molecule has 0 fully saturated rings. The first-order valence-electron chi connectivity index (χ1n) is 3.60. The maximum atomic E-state index is 5.07. The zero-order valence-corrected chi connectivity index (χ0v) is 8.39. The van der Waals surface area contributed by atoms with Gasteiger partial charge in [-0.1, -0.05) is 5.22 Å². The number of nitrogens with two attached hydrogens (primary N) is 2. The summed E-state index contributed by atoms with van der Waals surface area (Å²) < 4.78 is 1.46. The summed E-state index contributed by atoms with van der Waals surface area (Å²) in [6, 6.07) is 0. The Morgan fingerprint density at radius 1 is 1.43 bits per heavy atom. The van der Waals surface area contributed by atoms with Crippen molar-refractivity contribution >= 4 is 24.7 Å². The monoisotopic (exact) mass is 217 g/mol. The van der Waals surface area contributed by atoms with Crippen LogP contribution in [0.5, 0.6) is 0 Å². The Labute approximate surface area is 85.7 Å². The highest BCUT2D eigenvalue weighted by Gasteiger charge is 2.04. The number of hydrogen-bond acceptors (Lipinski definition) is 9. The largest absolute Gasteiger partial charge is 0.368 e. The lowest BCUT2D eigenvalue weighted by Gasteiger charge is -2.02. The number of rotatable bonds is 0. The average molecular weight is 217 g/mol. The molecule has 0 saturated heterocycles. The normalized spacial score (nSPS) is 14.1. The van der Waals surface area contributed by atoms with Crippen LogP contribution in [-0.4, -0.2) is 38.3 Å². The first kappa shape index (κ1) is 10.4. The van der Waals surface area contributed by atoms with Crippen LogP contribution in [0.4, 0.5) is 11.9 Å². The highest BCUT2D eigenvalue weighted by Crippen LogP contribution is 2.04. The van der Waals surface area contributed by atoms with Gasteiger partial charge in [0.25, 0.3) is 0 Å². The van der Waals surface area contributed by atoms with E-state index in [1.54, 1.807) is 5.01 Å². The molecular formula is C4H11N9S. The zero-order valence-electron chi connectivity index (χ0n) is 7.49. The molecule has 1 aromatic rings. The molecule has 2 heterocycles. The maximum Gasteiger partial charge on any atom is 0.241 e. The van der Waals surface area contributed by atoms with Gasteiger partial charge in [0.1, 0.15) is 6.67 Å². The number of nitrogens with one attached hydrogen (secondary N) is 1. The number of nitrogens with zero attached hydrogens (tertiary/aromatic N) is 6. The second kappa shape index (κ2) is 4.50. The first-order chi connectivity index (χ1) is 6.58. The lowest BCUT2D eigenvalue weighted by Crippen LogP contribution is -2.13. The smallest absolute Gasteiger partial charge is 0.241 e. The molecule has 0 spiro atoms. The van der Waals surface area contributed by atoms with Gasteiger partial charge in [0.05, 0.1) is 0 Å². The van der Waals surface area contributed by atoms with Gasteiger partial charge < -0.3 is 11.5 Å². The topological polar surface area (TPSA) is 125 Å². The summed E-state index contributed by atoms with van der Waals surface area (Å²) >= 11 is 3.88. The summed E-state index contributed by atoms with van der Waals surface area (Å²) in [5, 5.41) is 14.7. The van der Waals surface area contributed by atoms with Crippen LogP contribution in [0.3, 0.4) is 0 Å². The Morgan fingerprint density at radius 3 is 2.29 bits per heavy atom. The molecule has 14 heavy (non-hydrogen) atoms. The molecular weight excluding hydrogens is 206 g/mol. The van der Waals surface area contributed by atoms with Crippen LogP contribution >= 0.6 is 12.8 Å². The second-order valence-corrected chi connectivity index (χ2v) is 2.89. The van der Waals surface area contributed by atoms with Crippen LogP contribution < -0.4 is 11.5 Å². The minimum absolute atomic E-state index is 0.178. The number of anilines is 2. The van der Waals surface area contributed by atoms with Crippen molar-refractivity contribution in [2.75, 3.05) is 25.2 Å². The van der Waals surface area contributed by atoms with Gasteiger partial charge in [-0.15, -0.1) is 5.10 Å². The Hall–Kier alpha value is -1.71. The number of H-pyrrole nitrogens is 1. The van der Waals surface area contributed by atoms with Crippen molar-refractivity contribution < 1.29 is 0 Å². The third kappa shape index (κ3) is 3.35. The van der Waals surface area contributed by atoms with Crippen molar-refractivity contribution in [2.45, 2.75) is 0 Å². The summed E-state index contributed by atoms with van der Waals surface area (Å²) in [5.41, 5.74) is 10.1. The number of aromatic nitrogens is 3. The van der Waals surface area contributed by atoms with Gasteiger partial charge in [-0.25, -0.2) is 9.51 Å². The van der Waals surface area contributed by atoms with E-state index in [0.717, 1.165) is 0 Å². The van der Waals surface area contributed by atoms with E-state index in [9.17, 15) is 0 Å². The standard InChI is InChI=1S/C2H5N5.C2H6N4S/c3-1-5-2(4)7-6-1;1-5-2-6(7)4-3-5/h(H5,3,4,5,6,7);7H,2H2,1H3. The highest BCUT2D eigenvalue weighted by molar-refractivity contribution is 7.77. The van der Waals surface area contributed by atoms with E-state index in [-0.39, 0.29) is 11.9 Å². The molecule has 0 amide bonds. The highest BCUT2D eigenvalue weighted by atomic mass is 32.1. The van der Waals surface area contributed by atoms with E-state index >= 15 is 0 Å². The van der Waals surface area contributed by atoms with Crippen LogP contribution in [0.2, 0.25) is 0 Å². The van der Waals surface area contributed by atoms with Crippen LogP contribution in [0.25, 0.3) is 0 Å². The molecule has 0 bridgehead atoms. The molecule has 9 nitrogen and oxygen atoms in total. The summed E-state index contributed by atoms with van der Waals surface area (Å²) in [4.78, 5) is 3.50. The van der Waals surface area contributed by atoms with Crippen molar-refractivity contribution in [3.05, 3.63) is 0 Å². The van der Waals surface area contributed by atoms with Gasteiger partial charge >= 0.3 is 0 Å². The minimum atomic E-state index is 0.178. The van der Waals surface area contributed by atoms with Crippen LogP contribution in [-0.2, 0) is 0 Å². The number of nitrogen functional groups attached to an aromatic ring is 2. The van der Waals surface area contributed by atoms with Crippen molar-refractivity contribution in [1.29, 1.82) is 0 Å². The molecule has 1 aliphatic rings. The van der Waals surface area contributed by atoms with E-state index < -0.39 is 0 Å². The first-order valence-corrected chi connectivity index (χ1v) is 4.00. The molecule has 5 N–H and O–H groups in total. The Balaban J connectivity index is 0.000000140. The second-order valence-electron chi connectivity index (χ2n) is 2.43. The molecule has 2 rings (SSSR count). The molecule has 10 heteroatoms. The lowest BCUT2D eigenvalue weighted by atomic mass is 11.0. The van der Waals surface area contributed by atoms with Gasteiger partial charge in [-0.3, -0.25) is 5.01 Å². The van der Waals surface area contributed by atoms with E-state index in [1.165, 1.54) is 4.41 Å². The van der Waals surface area contributed by atoms with Crippen LogP contribution in [0.1, 0.15) is 0 Å². The fourth-order valence-electron chi connectivity index (χ4n) is 0.642. The molecule has 0 aliphatic carbocycles. The molecule has 1 aliphatic heterocycles. The van der Waals surface area contributed by atoms with Crippen LogP contribution in [0.15, 0.2) is 10.4 Å². The number of thiol groups is 1. The van der Waals surface area contributed by atoms with Gasteiger partial charge in [-0.2, -0.15) is 4.98 Å². The molecule has 0 atom stereocenters. The predicted octanol–water partition coefficient (Wildman–Crippen LogP) is -0.713. The average Bonchev–Trinajstić information content (AvgIpc) is 2.63. The van der Waals surface area contributed by atoms with Crippen molar-refractivity contribution in [2.24, 2.45) is 10.4 Å².